The zero-order chi connectivity index (χ0) is 19.6. The molecule has 0 saturated carbocycles. The Balaban J connectivity index is 1.23. The summed E-state index contributed by atoms with van der Waals surface area (Å²) >= 11 is 0. The minimum Gasteiger partial charge on any atom is -0.361 e. The maximum atomic E-state index is 12.8. The summed E-state index contributed by atoms with van der Waals surface area (Å²) in [5.41, 5.74) is 2.12. The summed E-state index contributed by atoms with van der Waals surface area (Å²) in [6.07, 6.45) is 9.22. The SMILES string of the molecule is O=C(Cc1c[nH]c2ccccc12)N1CCN(c2cc(-n3ccnc3)ncn2)CC1. The number of carbonyl (C=O) groups excluding carboxylic acids is 1. The number of para-hydroxylation sites is 1. The molecule has 1 aromatic carbocycles. The van der Waals surface area contributed by atoms with E-state index < -0.39 is 0 Å². The fourth-order valence-corrected chi connectivity index (χ4v) is 3.78. The molecule has 146 valence electrons. The molecule has 29 heavy (non-hydrogen) atoms. The van der Waals surface area contributed by atoms with E-state index in [-0.39, 0.29) is 5.91 Å². The molecule has 3 aromatic heterocycles. The summed E-state index contributed by atoms with van der Waals surface area (Å²) in [6, 6.07) is 10.0. The van der Waals surface area contributed by atoms with Crippen molar-refractivity contribution in [1.29, 1.82) is 0 Å². The lowest BCUT2D eigenvalue weighted by Gasteiger charge is -2.35. The van der Waals surface area contributed by atoms with Crippen LogP contribution < -0.4 is 4.90 Å². The van der Waals surface area contributed by atoms with Gasteiger partial charge in [0.1, 0.15) is 24.3 Å². The molecule has 1 fully saturated rings. The summed E-state index contributed by atoms with van der Waals surface area (Å²) < 4.78 is 1.85. The maximum absolute atomic E-state index is 12.8. The third-order valence-electron chi connectivity index (χ3n) is 5.38. The first-order valence-electron chi connectivity index (χ1n) is 9.66. The Hall–Kier alpha value is -3.68. The molecule has 0 aliphatic carbocycles. The zero-order valence-corrected chi connectivity index (χ0v) is 15.9. The van der Waals surface area contributed by atoms with Crippen LogP contribution in [0.2, 0.25) is 0 Å². The van der Waals surface area contributed by atoms with Gasteiger partial charge in [0.15, 0.2) is 0 Å². The second-order valence-corrected chi connectivity index (χ2v) is 7.11. The molecule has 5 rings (SSSR count). The minimum absolute atomic E-state index is 0.163. The van der Waals surface area contributed by atoms with Crippen LogP contribution in [0.15, 0.2) is 61.6 Å². The van der Waals surface area contributed by atoms with Gasteiger partial charge in [-0.1, -0.05) is 18.2 Å². The molecule has 4 aromatic rings. The van der Waals surface area contributed by atoms with Crippen molar-refractivity contribution in [2.75, 3.05) is 31.1 Å². The Morgan fingerprint density at radius 2 is 1.90 bits per heavy atom. The van der Waals surface area contributed by atoms with E-state index >= 15 is 0 Å². The Morgan fingerprint density at radius 3 is 2.72 bits per heavy atom. The molecule has 0 spiro atoms. The number of piperazine rings is 1. The van der Waals surface area contributed by atoms with Gasteiger partial charge in [0.25, 0.3) is 0 Å². The molecule has 0 radical (unpaired) electrons. The van der Waals surface area contributed by atoms with Crippen molar-refractivity contribution in [2.24, 2.45) is 0 Å². The number of rotatable bonds is 4. The van der Waals surface area contributed by atoms with Crippen LogP contribution in [0.25, 0.3) is 16.7 Å². The quantitative estimate of drug-likeness (QED) is 0.579. The molecule has 8 nitrogen and oxygen atoms in total. The molecule has 0 bridgehead atoms. The van der Waals surface area contributed by atoms with Crippen molar-refractivity contribution in [1.82, 2.24) is 29.4 Å². The van der Waals surface area contributed by atoms with E-state index in [1.807, 2.05) is 46.1 Å². The number of amides is 1. The number of aromatic nitrogens is 5. The second-order valence-electron chi connectivity index (χ2n) is 7.11. The van der Waals surface area contributed by atoms with Crippen LogP contribution in [0.3, 0.4) is 0 Å². The number of nitrogens with one attached hydrogen (secondary N) is 1. The van der Waals surface area contributed by atoms with E-state index in [1.54, 1.807) is 18.9 Å². The van der Waals surface area contributed by atoms with Crippen LogP contribution in [0, 0.1) is 0 Å². The molecule has 0 unspecified atom stereocenters. The maximum Gasteiger partial charge on any atom is 0.227 e. The summed E-state index contributed by atoms with van der Waals surface area (Å²) in [7, 11) is 0. The highest BCUT2D eigenvalue weighted by atomic mass is 16.2. The third-order valence-corrected chi connectivity index (χ3v) is 5.38. The van der Waals surface area contributed by atoms with Crippen molar-refractivity contribution >= 4 is 22.6 Å². The summed E-state index contributed by atoms with van der Waals surface area (Å²) in [5.74, 6) is 1.81. The predicted octanol–water partition coefficient (Wildman–Crippen LogP) is 2.03. The predicted molar refractivity (Wildman–Crippen MR) is 110 cm³/mol. The third kappa shape index (κ3) is 3.44. The summed E-state index contributed by atoms with van der Waals surface area (Å²) in [6.45, 7) is 2.87. The van der Waals surface area contributed by atoms with Crippen molar-refractivity contribution < 1.29 is 4.79 Å². The van der Waals surface area contributed by atoms with Crippen LogP contribution >= 0.6 is 0 Å². The van der Waals surface area contributed by atoms with Crippen molar-refractivity contribution in [2.45, 2.75) is 6.42 Å². The van der Waals surface area contributed by atoms with Crippen LogP contribution in [0.1, 0.15) is 5.56 Å². The number of nitrogens with zero attached hydrogens (tertiary/aromatic N) is 6. The fraction of sp³-hybridized carbons (Fsp3) is 0.238. The topological polar surface area (TPSA) is 82.9 Å². The van der Waals surface area contributed by atoms with E-state index in [0.717, 1.165) is 41.2 Å². The first-order valence-corrected chi connectivity index (χ1v) is 9.66. The zero-order valence-electron chi connectivity index (χ0n) is 15.9. The van der Waals surface area contributed by atoms with Gasteiger partial charge in [-0.05, 0) is 11.6 Å². The van der Waals surface area contributed by atoms with Crippen molar-refractivity contribution in [3.63, 3.8) is 0 Å². The number of hydrogen-bond donors (Lipinski definition) is 1. The lowest BCUT2D eigenvalue weighted by atomic mass is 10.1. The molecule has 1 amide bonds. The fourth-order valence-electron chi connectivity index (χ4n) is 3.78. The van der Waals surface area contributed by atoms with Crippen LogP contribution in [0.4, 0.5) is 5.82 Å². The molecule has 1 N–H and O–H groups in total. The van der Waals surface area contributed by atoms with Gasteiger partial charge >= 0.3 is 0 Å². The van der Waals surface area contributed by atoms with Crippen LogP contribution in [-0.4, -0.2) is 61.5 Å². The molecule has 8 heteroatoms. The van der Waals surface area contributed by atoms with Gasteiger partial charge in [0.05, 0.1) is 6.42 Å². The molecule has 1 aliphatic rings. The average molecular weight is 387 g/mol. The number of anilines is 1. The Labute approximate surface area is 167 Å². The summed E-state index contributed by atoms with van der Waals surface area (Å²) in [4.78, 5) is 33.0. The number of carbonyl (C=O) groups is 1. The van der Waals surface area contributed by atoms with E-state index in [1.165, 1.54) is 0 Å². The van der Waals surface area contributed by atoms with Crippen molar-refractivity contribution in [3.05, 3.63) is 67.1 Å². The minimum atomic E-state index is 0.163. The van der Waals surface area contributed by atoms with Gasteiger partial charge in [0, 0.05) is 61.7 Å². The standard InChI is InChI=1S/C21H21N7O/c29-21(11-16-13-23-18-4-2-1-3-17(16)18)27-9-7-26(8-10-27)19-12-20(25-14-24-19)28-6-5-22-15-28/h1-6,12-15,23H,7-11H2. The number of benzene rings is 1. The molecule has 4 heterocycles. The molecular weight excluding hydrogens is 366 g/mol. The number of aromatic amines is 1. The van der Waals surface area contributed by atoms with E-state index in [2.05, 4.69) is 30.9 Å². The summed E-state index contributed by atoms with van der Waals surface area (Å²) in [5, 5.41) is 1.12. The van der Waals surface area contributed by atoms with Gasteiger partial charge in [-0.2, -0.15) is 0 Å². The Kier molecular flexibility index (Phi) is 4.44. The smallest absolute Gasteiger partial charge is 0.227 e. The van der Waals surface area contributed by atoms with Gasteiger partial charge < -0.3 is 14.8 Å². The van der Waals surface area contributed by atoms with Gasteiger partial charge in [0.2, 0.25) is 5.91 Å². The monoisotopic (exact) mass is 387 g/mol. The van der Waals surface area contributed by atoms with Gasteiger partial charge in [-0.25, -0.2) is 15.0 Å². The van der Waals surface area contributed by atoms with Gasteiger partial charge in [-0.15, -0.1) is 0 Å². The number of fused-ring (bicyclic) bond motifs is 1. The number of imidazole rings is 1. The van der Waals surface area contributed by atoms with E-state index in [4.69, 9.17) is 0 Å². The van der Waals surface area contributed by atoms with Gasteiger partial charge in [-0.3, -0.25) is 9.36 Å². The normalized spacial score (nSPS) is 14.5. The lowest BCUT2D eigenvalue weighted by molar-refractivity contribution is -0.130. The van der Waals surface area contributed by atoms with Crippen LogP contribution in [0.5, 0.6) is 0 Å². The Bertz CT molecular complexity index is 1130. The largest absolute Gasteiger partial charge is 0.361 e. The molecule has 1 aliphatic heterocycles. The first-order chi connectivity index (χ1) is 14.3. The highest BCUT2D eigenvalue weighted by Crippen LogP contribution is 2.20. The van der Waals surface area contributed by atoms with Crippen molar-refractivity contribution in [3.8, 4) is 5.82 Å². The van der Waals surface area contributed by atoms with E-state index in [0.29, 0.717) is 19.5 Å². The molecule has 1 saturated heterocycles. The molecular formula is C21H21N7O. The van der Waals surface area contributed by atoms with E-state index in [9.17, 15) is 4.79 Å². The molecule has 0 atom stereocenters. The average Bonchev–Trinajstić information content (AvgIpc) is 3.45. The second kappa shape index (κ2) is 7.38. The number of hydrogen-bond acceptors (Lipinski definition) is 5. The lowest BCUT2D eigenvalue weighted by Crippen LogP contribution is -2.49. The first kappa shape index (κ1) is 17.4. The Morgan fingerprint density at radius 1 is 1.07 bits per heavy atom. The van der Waals surface area contributed by atoms with Crippen LogP contribution in [-0.2, 0) is 11.2 Å². The number of H-pyrrole nitrogens is 1. The highest BCUT2D eigenvalue weighted by molar-refractivity contribution is 5.89. The highest BCUT2D eigenvalue weighted by Gasteiger charge is 2.23.